The van der Waals surface area contributed by atoms with Gasteiger partial charge in [0.15, 0.2) is 0 Å². The quantitative estimate of drug-likeness (QED) is 0.864. The minimum atomic E-state index is -2.74. The molecule has 0 saturated carbocycles. The molecule has 1 aromatic carbocycles. The van der Waals surface area contributed by atoms with E-state index in [4.69, 9.17) is 0 Å². The average Bonchev–Trinajstić information content (AvgIpc) is 2.27. The summed E-state index contributed by atoms with van der Waals surface area (Å²) in [5, 5.41) is 3.22. The highest BCUT2D eigenvalue weighted by Gasteiger charge is 2.37. The van der Waals surface area contributed by atoms with Gasteiger partial charge in [0.25, 0.3) is 5.92 Å². The van der Waals surface area contributed by atoms with Gasteiger partial charge in [-0.25, -0.2) is 8.78 Å². The summed E-state index contributed by atoms with van der Waals surface area (Å²) in [5.74, 6) is -2.74. The van der Waals surface area contributed by atoms with E-state index >= 15 is 0 Å². The first-order chi connectivity index (χ1) is 8.90. The van der Waals surface area contributed by atoms with Gasteiger partial charge in [0, 0.05) is 18.0 Å². The van der Waals surface area contributed by atoms with Crippen molar-refractivity contribution in [1.29, 1.82) is 0 Å². The highest BCUT2D eigenvalue weighted by molar-refractivity contribution is 5.40. The lowest BCUT2D eigenvalue weighted by molar-refractivity contribution is -0.0264. The van der Waals surface area contributed by atoms with Gasteiger partial charge in [-0.05, 0) is 51.3 Å². The first-order valence-electron chi connectivity index (χ1n) is 7.09. The molecule has 1 unspecified atom stereocenters. The summed E-state index contributed by atoms with van der Waals surface area (Å²) in [6.45, 7) is 6.40. The summed E-state index contributed by atoms with van der Waals surface area (Å²) in [7, 11) is 0. The molecular formula is C16H23F2N. The number of benzene rings is 1. The van der Waals surface area contributed by atoms with Crippen LogP contribution in [-0.2, 0) is 5.92 Å². The van der Waals surface area contributed by atoms with Crippen LogP contribution in [0.4, 0.5) is 8.78 Å². The maximum Gasteiger partial charge on any atom is 0.275 e. The van der Waals surface area contributed by atoms with Crippen LogP contribution < -0.4 is 5.32 Å². The van der Waals surface area contributed by atoms with E-state index in [-0.39, 0.29) is 18.0 Å². The van der Waals surface area contributed by atoms with Gasteiger partial charge in [-0.2, -0.15) is 0 Å². The predicted octanol–water partition coefficient (Wildman–Crippen LogP) is 4.24. The van der Waals surface area contributed by atoms with Crippen molar-refractivity contribution in [3.8, 4) is 0 Å². The van der Waals surface area contributed by atoms with E-state index in [0.29, 0.717) is 11.1 Å². The van der Waals surface area contributed by atoms with Crippen molar-refractivity contribution < 1.29 is 8.78 Å². The molecule has 1 heterocycles. The molecule has 19 heavy (non-hydrogen) atoms. The van der Waals surface area contributed by atoms with Crippen molar-refractivity contribution >= 4 is 0 Å². The number of rotatable bonds is 3. The maximum absolute atomic E-state index is 14.6. The van der Waals surface area contributed by atoms with Crippen molar-refractivity contribution in [3.63, 3.8) is 0 Å². The standard InChI is InChI=1S/C16H23F2N/c1-11-8-12(2)15(13(3)9-11)16(17,18)10-14-6-4-5-7-19-14/h8-9,14,19H,4-7,10H2,1-3H3. The first-order valence-corrected chi connectivity index (χ1v) is 7.09. The number of nitrogens with one attached hydrogen (secondary N) is 1. The minimum absolute atomic E-state index is 0.0520. The first kappa shape index (κ1) is 14.4. The van der Waals surface area contributed by atoms with Gasteiger partial charge in [-0.15, -0.1) is 0 Å². The zero-order chi connectivity index (χ0) is 14.0. The van der Waals surface area contributed by atoms with E-state index in [2.05, 4.69) is 5.32 Å². The van der Waals surface area contributed by atoms with Crippen LogP contribution in [0, 0.1) is 20.8 Å². The molecule has 1 N–H and O–H groups in total. The van der Waals surface area contributed by atoms with Gasteiger partial charge in [0.2, 0.25) is 0 Å². The summed E-state index contributed by atoms with van der Waals surface area (Å²) in [6.07, 6.45) is 2.93. The Bertz CT molecular complexity index is 425. The molecule has 0 amide bonds. The molecule has 1 aliphatic heterocycles. The van der Waals surface area contributed by atoms with Crippen LogP contribution in [0.25, 0.3) is 0 Å². The Kier molecular flexibility index (Phi) is 4.24. The Morgan fingerprint density at radius 3 is 2.32 bits per heavy atom. The van der Waals surface area contributed by atoms with Crippen molar-refractivity contribution in [3.05, 3.63) is 34.4 Å². The van der Waals surface area contributed by atoms with Crippen molar-refractivity contribution in [2.24, 2.45) is 0 Å². The lowest BCUT2D eigenvalue weighted by atomic mass is 9.89. The molecule has 0 bridgehead atoms. The summed E-state index contributed by atoms with van der Waals surface area (Å²) >= 11 is 0. The zero-order valence-electron chi connectivity index (χ0n) is 12.0. The molecule has 0 aliphatic carbocycles. The molecule has 2 rings (SSSR count). The number of piperidine rings is 1. The lowest BCUT2D eigenvalue weighted by Gasteiger charge is -2.29. The molecule has 1 nitrogen and oxygen atoms in total. The Morgan fingerprint density at radius 2 is 1.79 bits per heavy atom. The Morgan fingerprint density at radius 1 is 1.16 bits per heavy atom. The van der Waals surface area contributed by atoms with Crippen molar-refractivity contribution in [2.45, 2.75) is 58.4 Å². The summed E-state index contributed by atoms with van der Waals surface area (Å²) in [5.41, 5.74) is 2.69. The van der Waals surface area contributed by atoms with Gasteiger partial charge < -0.3 is 5.32 Å². The number of halogens is 2. The number of hydrogen-bond acceptors (Lipinski definition) is 1. The van der Waals surface area contributed by atoms with Crippen LogP contribution >= 0.6 is 0 Å². The lowest BCUT2D eigenvalue weighted by Crippen LogP contribution is -2.38. The predicted molar refractivity (Wildman–Crippen MR) is 74.8 cm³/mol. The zero-order valence-corrected chi connectivity index (χ0v) is 12.0. The Labute approximate surface area is 114 Å². The SMILES string of the molecule is Cc1cc(C)c(C(F)(F)CC2CCCCN2)c(C)c1. The number of hydrogen-bond donors (Lipinski definition) is 1. The summed E-state index contributed by atoms with van der Waals surface area (Å²) < 4.78 is 29.1. The van der Waals surface area contributed by atoms with E-state index in [1.54, 1.807) is 13.8 Å². The summed E-state index contributed by atoms with van der Waals surface area (Å²) in [4.78, 5) is 0. The van der Waals surface area contributed by atoms with Gasteiger partial charge in [-0.3, -0.25) is 0 Å². The van der Waals surface area contributed by atoms with E-state index < -0.39 is 5.92 Å². The topological polar surface area (TPSA) is 12.0 Å². The van der Waals surface area contributed by atoms with Crippen LogP contribution in [0.2, 0.25) is 0 Å². The Hall–Kier alpha value is -0.960. The normalized spacial score (nSPS) is 20.6. The second-order valence-electron chi connectivity index (χ2n) is 5.83. The molecule has 1 atom stereocenters. The largest absolute Gasteiger partial charge is 0.314 e. The molecule has 1 fully saturated rings. The fraction of sp³-hybridized carbons (Fsp3) is 0.625. The molecule has 1 saturated heterocycles. The molecule has 0 spiro atoms. The molecule has 1 aliphatic rings. The van der Waals surface area contributed by atoms with Crippen LogP contribution in [0.3, 0.4) is 0 Å². The van der Waals surface area contributed by atoms with E-state index in [1.807, 2.05) is 19.1 Å². The van der Waals surface area contributed by atoms with Gasteiger partial charge in [-0.1, -0.05) is 24.1 Å². The molecule has 3 heteroatoms. The fourth-order valence-electron chi connectivity index (χ4n) is 3.27. The second-order valence-corrected chi connectivity index (χ2v) is 5.83. The van der Waals surface area contributed by atoms with Crippen LogP contribution in [0.15, 0.2) is 12.1 Å². The van der Waals surface area contributed by atoms with Crippen LogP contribution in [-0.4, -0.2) is 12.6 Å². The number of alkyl halides is 2. The molecule has 106 valence electrons. The van der Waals surface area contributed by atoms with E-state index in [1.165, 1.54) is 0 Å². The molecular weight excluding hydrogens is 244 g/mol. The van der Waals surface area contributed by atoms with Crippen molar-refractivity contribution in [2.75, 3.05) is 6.54 Å². The van der Waals surface area contributed by atoms with Gasteiger partial charge >= 0.3 is 0 Å². The Balaban J connectivity index is 2.23. The monoisotopic (exact) mass is 267 g/mol. The highest BCUT2D eigenvalue weighted by Crippen LogP contribution is 2.38. The van der Waals surface area contributed by atoms with Crippen molar-refractivity contribution in [1.82, 2.24) is 5.32 Å². The average molecular weight is 267 g/mol. The summed E-state index contributed by atoms with van der Waals surface area (Å²) in [6, 6.07) is 3.65. The van der Waals surface area contributed by atoms with Crippen LogP contribution in [0.5, 0.6) is 0 Å². The third kappa shape index (κ3) is 3.33. The molecule has 1 aromatic rings. The van der Waals surface area contributed by atoms with Crippen LogP contribution in [0.1, 0.15) is 47.9 Å². The van der Waals surface area contributed by atoms with E-state index in [0.717, 1.165) is 31.4 Å². The highest BCUT2D eigenvalue weighted by atomic mass is 19.3. The molecule has 0 aromatic heterocycles. The third-order valence-corrected chi connectivity index (χ3v) is 3.96. The van der Waals surface area contributed by atoms with Gasteiger partial charge in [0.1, 0.15) is 0 Å². The maximum atomic E-state index is 14.6. The fourth-order valence-corrected chi connectivity index (χ4v) is 3.27. The van der Waals surface area contributed by atoms with E-state index in [9.17, 15) is 8.78 Å². The smallest absolute Gasteiger partial charge is 0.275 e. The minimum Gasteiger partial charge on any atom is -0.314 e. The van der Waals surface area contributed by atoms with Gasteiger partial charge in [0.05, 0.1) is 0 Å². The molecule has 0 radical (unpaired) electrons. The third-order valence-electron chi connectivity index (χ3n) is 3.96. The number of aryl methyl sites for hydroxylation is 3. The second kappa shape index (κ2) is 5.58.